The molecule has 3 heteroatoms. The van der Waals surface area contributed by atoms with Crippen molar-refractivity contribution >= 4 is 0 Å². The first kappa shape index (κ1) is 17.2. The molecule has 4 unspecified atom stereocenters. The van der Waals surface area contributed by atoms with E-state index in [0.717, 1.165) is 26.1 Å². The summed E-state index contributed by atoms with van der Waals surface area (Å²) in [4.78, 5) is 0. The third kappa shape index (κ3) is 8.18. The van der Waals surface area contributed by atoms with Crippen molar-refractivity contribution in [1.82, 2.24) is 0 Å². The van der Waals surface area contributed by atoms with Crippen LogP contribution in [0.5, 0.6) is 0 Å². The van der Waals surface area contributed by atoms with E-state index < -0.39 is 0 Å². The molecule has 4 atom stereocenters. The van der Waals surface area contributed by atoms with Gasteiger partial charge in [0, 0.05) is 12.8 Å². The van der Waals surface area contributed by atoms with Gasteiger partial charge in [0.1, 0.15) is 0 Å². The van der Waals surface area contributed by atoms with Crippen LogP contribution in [0.3, 0.4) is 0 Å². The Hall–Kier alpha value is -0.120. The van der Waals surface area contributed by atoms with Crippen molar-refractivity contribution in [3.63, 3.8) is 0 Å². The Morgan fingerprint density at radius 2 is 1.24 bits per heavy atom. The maximum absolute atomic E-state index is 6.49. The van der Waals surface area contributed by atoms with Gasteiger partial charge in [0.05, 0.1) is 37.6 Å². The molecule has 0 N–H and O–H groups in total. The van der Waals surface area contributed by atoms with Crippen LogP contribution in [-0.2, 0) is 14.2 Å². The van der Waals surface area contributed by atoms with Gasteiger partial charge in [-0.15, -0.1) is 0 Å². The van der Waals surface area contributed by atoms with Crippen molar-refractivity contribution in [2.75, 3.05) is 13.2 Å². The second-order valence-electron chi connectivity index (χ2n) is 6.75. The number of epoxide rings is 2. The van der Waals surface area contributed by atoms with Gasteiger partial charge in [-0.1, -0.05) is 52.4 Å². The van der Waals surface area contributed by atoms with Crippen LogP contribution in [0.25, 0.3) is 0 Å². The van der Waals surface area contributed by atoms with E-state index in [2.05, 4.69) is 13.8 Å². The summed E-state index contributed by atoms with van der Waals surface area (Å²) >= 11 is 0. The summed E-state index contributed by atoms with van der Waals surface area (Å²) in [5.41, 5.74) is 0. The Balaban J connectivity index is 1.73. The van der Waals surface area contributed by atoms with Gasteiger partial charge in [-0.3, -0.25) is 0 Å². The van der Waals surface area contributed by atoms with Crippen molar-refractivity contribution < 1.29 is 14.2 Å². The minimum atomic E-state index is 0.398. The summed E-state index contributed by atoms with van der Waals surface area (Å²) in [5.74, 6) is 0. The maximum atomic E-state index is 6.49. The molecule has 2 aliphatic rings. The summed E-state index contributed by atoms with van der Waals surface area (Å²) in [6.07, 6.45) is 14.1. The fraction of sp³-hybridized carbons (Fsp3) is 1.00. The number of ether oxygens (including phenoxy) is 3. The minimum Gasteiger partial charge on any atom is -0.375 e. The molecule has 0 amide bonds. The van der Waals surface area contributed by atoms with Crippen molar-refractivity contribution in [1.29, 1.82) is 0 Å². The van der Waals surface area contributed by atoms with E-state index in [1.54, 1.807) is 0 Å². The molecule has 0 aromatic carbocycles. The lowest BCUT2D eigenvalue weighted by Crippen LogP contribution is -2.25. The van der Waals surface area contributed by atoms with E-state index in [0.29, 0.717) is 24.4 Å². The molecule has 21 heavy (non-hydrogen) atoms. The van der Waals surface area contributed by atoms with Crippen LogP contribution >= 0.6 is 0 Å². The van der Waals surface area contributed by atoms with E-state index in [1.807, 2.05) is 0 Å². The first-order valence-electron chi connectivity index (χ1n) is 9.20. The predicted octanol–water partition coefficient (Wildman–Crippen LogP) is 4.48. The topological polar surface area (TPSA) is 34.3 Å². The molecule has 0 aliphatic carbocycles. The highest BCUT2D eigenvalue weighted by molar-refractivity contribution is 4.79. The highest BCUT2D eigenvalue weighted by atomic mass is 16.6. The maximum Gasteiger partial charge on any atom is 0.0834 e. The molecule has 2 saturated heterocycles. The van der Waals surface area contributed by atoms with Gasteiger partial charge in [0.15, 0.2) is 0 Å². The van der Waals surface area contributed by atoms with Crippen LogP contribution in [0.2, 0.25) is 0 Å². The van der Waals surface area contributed by atoms with E-state index in [9.17, 15) is 0 Å². The fourth-order valence-electron chi connectivity index (χ4n) is 2.99. The zero-order valence-electron chi connectivity index (χ0n) is 14.0. The monoisotopic (exact) mass is 298 g/mol. The molecule has 0 aromatic heterocycles. The SMILES string of the molecule is CCCCCC(CC1CO1)OC(CCCCC)CC1CO1. The molecule has 2 fully saturated rings. The van der Waals surface area contributed by atoms with Crippen molar-refractivity contribution in [2.45, 2.75) is 102 Å². The Kier molecular flexibility index (Phi) is 8.05. The van der Waals surface area contributed by atoms with Crippen LogP contribution in [0.1, 0.15) is 78.1 Å². The van der Waals surface area contributed by atoms with Gasteiger partial charge in [0.2, 0.25) is 0 Å². The molecule has 3 nitrogen and oxygen atoms in total. The normalized spacial score (nSPS) is 26.6. The number of rotatable bonds is 14. The first-order chi connectivity index (χ1) is 10.3. The molecule has 2 rings (SSSR count). The second-order valence-corrected chi connectivity index (χ2v) is 6.75. The van der Waals surface area contributed by atoms with Crippen molar-refractivity contribution in [3.8, 4) is 0 Å². The van der Waals surface area contributed by atoms with Gasteiger partial charge in [-0.25, -0.2) is 0 Å². The van der Waals surface area contributed by atoms with Crippen LogP contribution in [0, 0.1) is 0 Å². The average molecular weight is 298 g/mol. The lowest BCUT2D eigenvalue weighted by atomic mass is 10.0. The average Bonchev–Trinajstić information content (AvgIpc) is 3.35. The third-order valence-electron chi connectivity index (χ3n) is 4.50. The molecule has 0 bridgehead atoms. The molecule has 0 radical (unpaired) electrons. The van der Waals surface area contributed by atoms with E-state index >= 15 is 0 Å². The standard InChI is InChI=1S/C18H34O3/c1-3-5-7-9-15(11-17-13-19-17)21-16(10-8-6-4-2)12-18-14-20-18/h15-18H,3-14H2,1-2H3. The van der Waals surface area contributed by atoms with Crippen LogP contribution in [0.15, 0.2) is 0 Å². The summed E-state index contributed by atoms with van der Waals surface area (Å²) < 4.78 is 17.3. The van der Waals surface area contributed by atoms with Gasteiger partial charge in [-0.05, 0) is 12.8 Å². The molecule has 0 aromatic rings. The largest absolute Gasteiger partial charge is 0.375 e. The summed E-state index contributed by atoms with van der Waals surface area (Å²) in [7, 11) is 0. The smallest absolute Gasteiger partial charge is 0.0834 e. The van der Waals surface area contributed by atoms with Crippen LogP contribution in [-0.4, -0.2) is 37.6 Å². The molecule has 2 heterocycles. The Bertz CT molecular complexity index is 235. The lowest BCUT2D eigenvalue weighted by Gasteiger charge is -2.24. The van der Waals surface area contributed by atoms with Gasteiger partial charge < -0.3 is 14.2 Å². The second kappa shape index (κ2) is 9.81. The Morgan fingerprint density at radius 1 is 0.810 bits per heavy atom. The van der Waals surface area contributed by atoms with Crippen molar-refractivity contribution in [2.24, 2.45) is 0 Å². The number of hydrogen-bond donors (Lipinski definition) is 0. The molecular weight excluding hydrogens is 264 g/mol. The highest BCUT2D eigenvalue weighted by Gasteiger charge is 2.31. The first-order valence-corrected chi connectivity index (χ1v) is 9.20. The number of unbranched alkanes of at least 4 members (excludes halogenated alkanes) is 4. The fourth-order valence-corrected chi connectivity index (χ4v) is 2.99. The Morgan fingerprint density at radius 3 is 1.57 bits per heavy atom. The molecular formula is C18H34O3. The van der Waals surface area contributed by atoms with Crippen molar-refractivity contribution in [3.05, 3.63) is 0 Å². The molecule has 124 valence electrons. The summed E-state index contributed by atoms with van der Waals surface area (Å²) in [6, 6.07) is 0. The van der Waals surface area contributed by atoms with E-state index in [4.69, 9.17) is 14.2 Å². The quantitative estimate of drug-likeness (QED) is 0.350. The predicted molar refractivity (Wildman–Crippen MR) is 85.7 cm³/mol. The lowest BCUT2D eigenvalue weighted by molar-refractivity contribution is -0.0358. The van der Waals surface area contributed by atoms with Crippen LogP contribution in [0.4, 0.5) is 0 Å². The van der Waals surface area contributed by atoms with E-state index in [1.165, 1.54) is 51.4 Å². The van der Waals surface area contributed by atoms with Crippen LogP contribution < -0.4 is 0 Å². The van der Waals surface area contributed by atoms with E-state index in [-0.39, 0.29) is 0 Å². The highest BCUT2D eigenvalue weighted by Crippen LogP contribution is 2.27. The summed E-state index contributed by atoms with van der Waals surface area (Å²) in [5, 5.41) is 0. The molecule has 2 aliphatic heterocycles. The molecule has 0 spiro atoms. The van der Waals surface area contributed by atoms with Gasteiger partial charge >= 0.3 is 0 Å². The Labute approximate surface area is 130 Å². The summed E-state index contributed by atoms with van der Waals surface area (Å²) in [6.45, 7) is 6.41. The minimum absolute atomic E-state index is 0.398. The zero-order chi connectivity index (χ0) is 14.9. The third-order valence-corrected chi connectivity index (χ3v) is 4.50. The van der Waals surface area contributed by atoms with Gasteiger partial charge in [0.25, 0.3) is 0 Å². The van der Waals surface area contributed by atoms with Gasteiger partial charge in [-0.2, -0.15) is 0 Å². The zero-order valence-corrected chi connectivity index (χ0v) is 14.0. The molecule has 0 saturated carbocycles. The number of hydrogen-bond acceptors (Lipinski definition) is 3.